The second-order valence-corrected chi connectivity index (χ2v) is 5.92. The third kappa shape index (κ3) is 4.96. The molecule has 1 atom stereocenters. The van der Waals surface area contributed by atoms with Gasteiger partial charge >= 0.3 is 0 Å². The van der Waals surface area contributed by atoms with Crippen molar-refractivity contribution >= 4 is 18.3 Å². The molecule has 0 bridgehead atoms. The molecule has 0 aromatic rings. The average Bonchev–Trinajstić information content (AvgIpc) is 2.41. The van der Waals surface area contributed by atoms with Crippen molar-refractivity contribution in [2.75, 3.05) is 19.6 Å². The Morgan fingerprint density at radius 2 is 1.95 bits per heavy atom. The van der Waals surface area contributed by atoms with Gasteiger partial charge < -0.3 is 10.2 Å². The number of nitrogens with one attached hydrogen (secondary N) is 1. The van der Waals surface area contributed by atoms with Crippen molar-refractivity contribution in [3.8, 4) is 0 Å². The molecule has 1 N–H and O–H groups in total. The molecule has 2 saturated heterocycles. The zero-order valence-corrected chi connectivity index (χ0v) is 13.0. The van der Waals surface area contributed by atoms with Gasteiger partial charge in [0.15, 0.2) is 0 Å². The molecule has 0 spiro atoms. The number of rotatable bonds is 4. The van der Waals surface area contributed by atoms with Gasteiger partial charge in [0.2, 0.25) is 5.91 Å². The first kappa shape index (κ1) is 16.8. The predicted molar refractivity (Wildman–Crippen MR) is 81.7 cm³/mol. The molecule has 4 heteroatoms. The van der Waals surface area contributed by atoms with Crippen LogP contribution in [0, 0.1) is 5.92 Å². The van der Waals surface area contributed by atoms with Crippen molar-refractivity contribution in [2.45, 2.75) is 64.3 Å². The Hall–Kier alpha value is -0.280. The lowest BCUT2D eigenvalue weighted by atomic mass is 9.92. The monoisotopic (exact) mass is 288 g/mol. The highest BCUT2D eigenvalue weighted by Gasteiger charge is 2.27. The minimum atomic E-state index is 0. The van der Waals surface area contributed by atoms with E-state index in [1.54, 1.807) is 0 Å². The maximum Gasteiger partial charge on any atom is 0.223 e. The van der Waals surface area contributed by atoms with E-state index in [0.29, 0.717) is 17.9 Å². The third-order valence-corrected chi connectivity index (χ3v) is 4.49. The molecule has 1 unspecified atom stereocenters. The highest BCUT2D eigenvalue weighted by atomic mass is 35.5. The lowest BCUT2D eigenvalue weighted by Gasteiger charge is -2.37. The quantitative estimate of drug-likeness (QED) is 0.862. The number of nitrogens with zero attached hydrogens (tertiary/aromatic N) is 1. The summed E-state index contributed by atoms with van der Waals surface area (Å²) in [4.78, 5) is 14.7. The van der Waals surface area contributed by atoms with Crippen molar-refractivity contribution in [1.29, 1.82) is 0 Å². The molecule has 112 valence electrons. The largest absolute Gasteiger partial charge is 0.340 e. The van der Waals surface area contributed by atoms with Gasteiger partial charge in [-0.05, 0) is 57.5 Å². The van der Waals surface area contributed by atoms with E-state index in [0.717, 1.165) is 26.1 Å². The molecule has 1 amide bonds. The summed E-state index contributed by atoms with van der Waals surface area (Å²) in [6.07, 6.45) is 9.28. The molecule has 2 fully saturated rings. The fourth-order valence-corrected chi connectivity index (χ4v) is 3.41. The van der Waals surface area contributed by atoms with Crippen molar-refractivity contribution in [3.05, 3.63) is 0 Å². The van der Waals surface area contributed by atoms with Crippen LogP contribution in [0.15, 0.2) is 0 Å². The van der Waals surface area contributed by atoms with Crippen LogP contribution in [0.5, 0.6) is 0 Å². The minimum Gasteiger partial charge on any atom is -0.340 e. The maximum atomic E-state index is 12.5. The van der Waals surface area contributed by atoms with Crippen LogP contribution in [0.25, 0.3) is 0 Å². The molecule has 19 heavy (non-hydrogen) atoms. The zero-order valence-electron chi connectivity index (χ0n) is 12.2. The smallest absolute Gasteiger partial charge is 0.223 e. The van der Waals surface area contributed by atoms with Crippen LogP contribution in [-0.2, 0) is 4.79 Å². The van der Waals surface area contributed by atoms with Crippen LogP contribution >= 0.6 is 12.4 Å². The first-order chi connectivity index (χ1) is 8.81. The summed E-state index contributed by atoms with van der Waals surface area (Å²) in [5.41, 5.74) is 0. The molecule has 2 rings (SSSR count). The first-order valence-electron chi connectivity index (χ1n) is 7.81. The Bertz CT molecular complexity index is 265. The van der Waals surface area contributed by atoms with Crippen LogP contribution in [0.3, 0.4) is 0 Å². The van der Waals surface area contributed by atoms with E-state index >= 15 is 0 Å². The highest BCUT2D eigenvalue weighted by Crippen LogP contribution is 2.24. The van der Waals surface area contributed by atoms with E-state index in [-0.39, 0.29) is 12.4 Å². The van der Waals surface area contributed by atoms with E-state index in [4.69, 9.17) is 0 Å². The summed E-state index contributed by atoms with van der Waals surface area (Å²) in [5.74, 6) is 1.06. The molecule has 3 nitrogen and oxygen atoms in total. The Morgan fingerprint density at radius 3 is 2.63 bits per heavy atom. The van der Waals surface area contributed by atoms with Gasteiger partial charge in [-0.3, -0.25) is 4.79 Å². The first-order valence-corrected chi connectivity index (χ1v) is 7.81. The van der Waals surface area contributed by atoms with Gasteiger partial charge in [-0.1, -0.05) is 13.3 Å². The number of piperidine rings is 2. The van der Waals surface area contributed by atoms with Crippen LogP contribution in [0.2, 0.25) is 0 Å². The number of carbonyl (C=O) groups excluding carboxylic acids is 1. The Labute approximate surface area is 123 Å². The van der Waals surface area contributed by atoms with Gasteiger partial charge in [-0.15, -0.1) is 12.4 Å². The van der Waals surface area contributed by atoms with E-state index in [1.165, 1.54) is 44.9 Å². The molecule has 2 aliphatic heterocycles. The third-order valence-electron chi connectivity index (χ3n) is 4.49. The Balaban J connectivity index is 0.00000180. The molecule has 2 aliphatic rings. The Kier molecular flexibility index (Phi) is 7.77. The standard InChI is InChI=1S/C15H28N2O.ClH/c1-2-5-14-6-3-4-11-17(14)15(18)12-13-7-9-16-10-8-13;/h13-14,16H,2-12H2,1H3;1H. The summed E-state index contributed by atoms with van der Waals surface area (Å²) in [7, 11) is 0. The van der Waals surface area contributed by atoms with Gasteiger partial charge in [-0.25, -0.2) is 0 Å². The van der Waals surface area contributed by atoms with Crippen LogP contribution in [0.1, 0.15) is 58.3 Å². The molecule has 0 aromatic heterocycles. The van der Waals surface area contributed by atoms with Gasteiger partial charge in [0.1, 0.15) is 0 Å². The van der Waals surface area contributed by atoms with Crippen LogP contribution in [0.4, 0.5) is 0 Å². The number of likely N-dealkylation sites (tertiary alicyclic amines) is 1. The summed E-state index contributed by atoms with van der Waals surface area (Å²) in [6, 6.07) is 0.540. The van der Waals surface area contributed by atoms with Crippen LogP contribution < -0.4 is 5.32 Å². The van der Waals surface area contributed by atoms with Crippen molar-refractivity contribution in [2.24, 2.45) is 5.92 Å². The molecular formula is C15H29ClN2O. The molecule has 2 heterocycles. The summed E-state index contributed by atoms with van der Waals surface area (Å²) >= 11 is 0. The molecule has 0 aromatic carbocycles. The van der Waals surface area contributed by atoms with Gasteiger partial charge in [0, 0.05) is 19.0 Å². The SMILES string of the molecule is CCCC1CCCCN1C(=O)CC1CCNCC1.Cl. The van der Waals surface area contributed by atoms with E-state index in [9.17, 15) is 4.79 Å². The zero-order chi connectivity index (χ0) is 12.8. The average molecular weight is 289 g/mol. The van der Waals surface area contributed by atoms with Gasteiger partial charge in [-0.2, -0.15) is 0 Å². The van der Waals surface area contributed by atoms with E-state index < -0.39 is 0 Å². The molecular weight excluding hydrogens is 260 g/mol. The van der Waals surface area contributed by atoms with Crippen molar-refractivity contribution in [3.63, 3.8) is 0 Å². The summed E-state index contributed by atoms with van der Waals surface area (Å²) in [6.45, 7) is 5.42. The number of halogens is 1. The maximum absolute atomic E-state index is 12.5. The fourth-order valence-electron chi connectivity index (χ4n) is 3.41. The molecule has 0 radical (unpaired) electrons. The fraction of sp³-hybridized carbons (Fsp3) is 0.933. The normalized spacial score (nSPS) is 24.9. The Morgan fingerprint density at radius 1 is 1.21 bits per heavy atom. The topological polar surface area (TPSA) is 32.3 Å². The van der Waals surface area contributed by atoms with Gasteiger partial charge in [0.05, 0.1) is 0 Å². The van der Waals surface area contributed by atoms with E-state index in [1.807, 2.05) is 0 Å². The van der Waals surface area contributed by atoms with Gasteiger partial charge in [0.25, 0.3) is 0 Å². The van der Waals surface area contributed by atoms with E-state index in [2.05, 4.69) is 17.1 Å². The second-order valence-electron chi connectivity index (χ2n) is 5.92. The molecule has 0 saturated carbocycles. The number of amides is 1. The lowest BCUT2D eigenvalue weighted by Crippen LogP contribution is -2.44. The highest BCUT2D eigenvalue weighted by molar-refractivity contribution is 5.85. The number of hydrogen-bond donors (Lipinski definition) is 1. The summed E-state index contributed by atoms with van der Waals surface area (Å²) < 4.78 is 0. The molecule has 0 aliphatic carbocycles. The summed E-state index contributed by atoms with van der Waals surface area (Å²) in [5, 5.41) is 3.37. The van der Waals surface area contributed by atoms with Crippen molar-refractivity contribution < 1.29 is 4.79 Å². The minimum absolute atomic E-state index is 0. The number of carbonyl (C=O) groups is 1. The second kappa shape index (κ2) is 8.80. The van der Waals surface area contributed by atoms with Crippen molar-refractivity contribution in [1.82, 2.24) is 10.2 Å². The van der Waals surface area contributed by atoms with Crippen LogP contribution in [-0.4, -0.2) is 36.5 Å². The predicted octanol–water partition coefficient (Wildman–Crippen LogP) is 2.98. The lowest BCUT2D eigenvalue weighted by molar-refractivity contribution is -0.136. The number of hydrogen-bond acceptors (Lipinski definition) is 2.